The number of para-hydroxylation sites is 1. The topological polar surface area (TPSA) is 102 Å². The molecule has 1 aliphatic heterocycles. The van der Waals surface area contributed by atoms with Crippen molar-refractivity contribution in [3.63, 3.8) is 0 Å². The van der Waals surface area contributed by atoms with Gasteiger partial charge in [-0.25, -0.2) is 9.37 Å². The standard InChI is InChI=1S/C29H26FN5O4/c1-19-12-13-21(16-25(19)35(37)38)28(36)34-15-14-24-22(18-34)27(39-26-11-7-6-10-23(26)30)32-29(31-24)33(2)17-20-8-4-3-5-9-20/h3-13,16H,14-15,17-18H2,1-2H3. The quantitative estimate of drug-likeness (QED) is 0.232. The van der Waals surface area contributed by atoms with Gasteiger partial charge in [0, 0.05) is 43.8 Å². The van der Waals surface area contributed by atoms with Gasteiger partial charge in [0.15, 0.2) is 11.6 Å². The van der Waals surface area contributed by atoms with Crippen molar-refractivity contribution in [1.29, 1.82) is 0 Å². The van der Waals surface area contributed by atoms with Crippen molar-refractivity contribution in [2.24, 2.45) is 0 Å². The summed E-state index contributed by atoms with van der Waals surface area (Å²) >= 11 is 0. The van der Waals surface area contributed by atoms with Gasteiger partial charge in [0.1, 0.15) is 0 Å². The van der Waals surface area contributed by atoms with Crippen LogP contribution < -0.4 is 9.64 Å². The molecular weight excluding hydrogens is 501 g/mol. The SMILES string of the molecule is Cc1ccc(C(=O)N2CCc3nc(N(C)Cc4ccccc4)nc(Oc4ccccc4F)c3C2)cc1[N+](=O)[O-]. The molecule has 0 saturated heterocycles. The lowest BCUT2D eigenvalue weighted by molar-refractivity contribution is -0.385. The number of carbonyl (C=O) groups is 1. The van der Waals surface area contributed by atoms with Crippen LogP contribution in [0.25, 0.3) is 0 Å². The van der Waals surface area contributed by atoms with Crippen LogP contribution in [0.1, 0.15) is 32.7 Å². The van der Waals surface area contributed by atoms with Crippen LogP contribution in [0.5, 0.6) is 11.6 Å². The molecule has 9 nitrogen and oxygen atoms in total. The van der Waals surface area contributed by atoms with Crippen LogP contribution in [0, 0.1) is 22.9 Å². The van der Waals surface area contributed by atoms with Crippen LogP contribution in [-0.2, 0) is 19.5 Å². The number of rotatable bonds is 7. The van der Waals surface area contributed by atoms with E-state index in [1.807, 2.05) is 42.3 Å². The summed E-state index contributed by atoms with van der Waals surface area (Å²) in [6.45, 7) is 2.64. The van der Waals surface area contributed by atoms with Crippen LogP contribution in [0.3, 0.4) is 0 Å². The molecule has 39 heavy (non-hydrogen) atoms. The first-order valence-corrected chi connectivity index (χ1v) is 12.4. The maximum Gasteiger partial charge on any atom is 0.273 e. The number of hydrogen-bond acceptors (Lipinski definition) is 7. The molecular formula is C29H26FN5O4. The number of ether oxygens (including phenoxy) is 1. The molecule has 1 aliphatic rings. The summed E-state index contributed by atoms with van der Waals surface area (Å²) in [6.07, 6.45) is 0.414. The molecule has 0 fully saturated rings. The Labute approximate surface area is 224 Å². The zero-order valence-electron chi connectivity index (χ0n) is 21.5. The van der Waals surface area contributed by atoms with Gasteiger partial charge in [-0.05, 0) is 30.7 Å². The largest absolute Gasteiger partial charge is 0.435 e. The summed E-state index contributed by atoms with van der Waals surface area (Å²) in [4.78, 5) is 37.1. The van der Waals surface area contributed by atoms with Crippen LogP contribution in [0.4, 0.5) is 16.0 Å². The number of aryl methyl sites for hydroxylation is 1. The predicted octanol–water partition coefficient (Wildman–Crippen LogP) is 5.46. The molecule has 0 atom stereocenters. The second-order valence-electron chi connectivity index (χ2n) is 9.36. The number of amides is 1. The van der Waals surface area contributed by atoms with Gasteiger partial charge >= 0.3 is 0 Å². The lowest BCUT2D eigenvalue weighted by atomic mass is 10.0. The molecule has 4 aromatic rings. The molecule has 0 radical (unpaired) electrons. The van der Waals surface area contributed by atoms with E-state index in [0.29, 0.717) is 42.3 Å². The fourth-order valence-corrected chi connectivity index (χ4v) is 4.48. The molecule has 0 unspecified atom stereocenters. The number of halogens is 1. The highest BCUT2D eigenvalue weighted by Gasteiger charge is 2.29. The van der Waals surface area contributed by atoms with Crippen molar-refractivity contribution >= 4 is 17.5 Å². The highest BCUT2D eigenvalue weighted by molar-refractivity contribution is 5.95. The Morgan fingerprint density at radius 1 is 1.10 bits per heavy atom. The average Bonchev–Trinajstić information content (AvgIpc) is 2.94. The molecule has 1 amide bonds. The van der Waals surface area contributed by atoms with E-state index >= 15 is 0 Å². The number of nitrogens with zero attached hydrogens (tertiary/aromatic N) is 5. The monoisotopic (exact) mass is 527 g/mol. The molecule has 1 aromatic heterocycles. The van der Waals surface area contributed by atoms with Gasteiger partial charge in [-0.15, -0.1) is 0 Å². The van der Waals surface area contributed by atoms with Crippen molar-refractivity contribution in [2.45, 2.75) is 26.4 Å². The number of nitro benzene ring substituents is 1. The normalized spacial score (nSPS) is 12.5. The van der Waals surface area contributed by atoms with Gasteiger partial charge in [-0.2, -0.15) is 4.98 Å². The van der Waals surface area contributed by atoms with Crippen LogP contribution in [0.15, 0.2) is 72.8 Å². The smallest absolute Gasteiger partial charge is 0.273 e. The van der Waals surface area contributed by atoms with E-state index in [2.05, 4.69) is 4.98 Å². The third kappa shape index (κ3) is 5.54. The van der Waals surface area contributed by atoms with Crippen LogP contribution >= 0.6 is 0 Å². The number of anilines is 1. The van der Waals surface area contributed by atoms with Crippen molar-refractivity contribution in [2.75, 3.05) is 18.5 Å². The Bertz CT molecular complexity index is 1550. The highest BCUT2D eigenvalue weighted by Crippen LogP contribution is 2.33. The van der Waals surface area contributed by atoms with E-state index in [0.717, 1.165) is 5.56 Å². The number of aromatic nitrogens is 2. The van der Waals surface area contributed by atoms with E-state index < -0.39 is 10.7 Å². The number of benzene rings is 3. The molecule has 0 aliphatic carbocycles. The Hall–Kier alpha value is -4.86. The van der Waals surface area contributed by atoms with E-state index in [4.69, 9.17) is 9.72 Å². The fourth-order valence-electron chi connectivity index (χ4n) is 4.48. The Kier molecular flexibility index (Phi) is 7.18. The van der Waals surface area contributed by atoms with Crippen molar-refractivity contribution in [3.05, 3.63) is 117 Å². The molecule has 0 spiro atoms. The zero-order chi connectivity index (χ0) is 27.5. The van der Waals surface area contributed by atoms with Gasteiger partial charge in [0.25, 0.3) is 11.6 Å². The summed E-state index contributed by atoms with van der Waals surface area (Å²) in [6, 6.07) is 20.3. The molecule has 3 aromatic carbocycles. The fraction of sp³-hybridized carbons (Fsp3) is 0.207. The Balaban J connectivity index is 1.48. The van der Waals surface area contributed by atoms with Gasteiger partial charge in [0.05, 0.1) is 22.7 Å². The maximum atomic E-state index is 14.5. The van der Waals surface area contributed by atoms with Gasteiger partial charge < -0.3 is 14.5 Å². The third-order valence-electron chi connectivity index (χ3n) is 6.60. The number of carbonyl (C=O) groups excluding carboxylic acids is 1. The minimum absolute atomic E-state index is 0.00710. The van der Waals surface area contributed by atoms with Gasteiger partial charge in [-0.1, -0.05) is 48.5 Å². The first-order valence-electron chi connectivity index (χ1n) is 12.4. The summed E-state index contributed by atoms with van der Waals surface area (Å²) in [5.41, 5.74) is 2.91. The minimum atomic E-state index is -0.542. The van der Waals surface area contributed by atoms with Crippen molar-refractivity contribution < 1.29 is 18.8 Å². The zero-order valence-corrected chi connectivity index (χ0v) is 21.5. The lowest BCUT2D eigenvalue weighted by Gasteiger charge is -2.30. The van der Waals surface area contributed by atoms with E-state index in [-0.39, 0.29) is 35.3 Å². The number of hydrogen-bond donors (Lipinski definition) is 0. The maximum absolute atomic E-state index is 14.5. The Morgan fingerprint density at radius 2 is 1.85 bits per heavy atom. The minimum Gasteiger partial charge on any atom is -0.435 e. The molecule has 198 valence electrons. The molecule has 0 bridgehead atoms. The lowest BCUT2D eigenvalue weighted by Crippen LogP contribution is -2.37. The van der Waals surface area contributed by atoms with Crippen LogP contribution in [0.2, 0.25) is 0 Å². The van der Waals surface area contributed by atoms with Crippen LogP contribution in [-0.4, -0.2) is 39.3 Å². The molecule has 5 rings (SSSR count). The summed E-state index contributed by atoms with van der Waals surface area (Å²) in [7, 11) is 1.87. The average molecular weight is 528 g/mol. The van der Waals surface area contributed by atoms with Crippen molar-refractivity contribution in [3.8, 4) is 11.6 Å². The first kappa shape index (κ1) is 25.8. The molecule has 10 heteroatoms. The summed E-state index contributed by atoms with van der Waals surface area (Å²) < 4.78 is 20.5. The molecule has 0 saturated carbocycles. The predicted molar refractivity (Wildman–Crippen MR) is 143 cm³/mol. The summed E-state index contributed by atoms with van der Waals surface area (Å²) in [5, 5.41) is 11.4. The second-order valence-corrected chi connectivity index (χ2v) is 9.36. The van der Waals surface area contributed by atoms with Crippen molar-refractivity contribution in [1.82, 2.24) is 14.9 Å². The number of fused-ring (bicyclic) bond motifs is 1. The van der Waals surface area contributed by atoms with Gasteiger partial charge in [0.2, 0.25) is 11.8 Å². The van der Waals surface area contributed by atoms with E-state index in [1.165, 1.54) is 18.2 Å². The Morgan fingerprint density at radius 3 is 2.59 bits per heavy atom. The molecule has 2 heterocycles. The second kappa shape index (κ2) is 10.9. The highest BCUT2D eigenvalue weighted by atomic mass is 19.1. The van der Waals surface area contributed by atoms with E-state index in [1.54, 1.807) is 36.1 Å². The van der Waals surface area contributed by atoms with Gasteiger partial charge in [-0.3, -0.25) is 14.9 Å². The number of nitro groups is 1. The summed E-state index contributed by atoms with van der Waals surface area (Å²) in [5.74, 6) is -0.316. The molecule has 0 N–H and O–H groups in total. The first-order chi connectivity index (χ1) is 18.8. The third-order valence-corrected chi connectivity index (χ3v) is 6.60. The van der Waals surface area contributed by atoms with E-state index in [9.17, 15) is 19.3 Å².